The maximum absolute atomic E-state index is 11.6. The molecule has 0 rings (SSSR count). The van der Waals surface area contributed by atoms with Gasteiger partial charge in [0.2, 0.25) is 5.91 Å². The number of hydrogen-bond acceptors (Lipinski definition) is 4. The zero-order valence-corrected chi connectivity index (χ0v) is 11.1. The second kappa shape index (κ2) is 8.44. The Labute approximate surface area is 104 Å². The van der Waals surface area contributed by atoms with Gasteiger partial charge in [-0.05, 0) is 19.3 Å². The van der Waals surface area contributed by atoms with Crippen molar-refractivity contribution in [1.29, 1.82) is 0 Å². The Hall–Kier alpha value is -0.650. The van der Waals surface area contributed by atoms with Gasteiger partial charge in [0, 0.05) is 6.04 Å². The zero-order chi connectivity index (χ0) is 13.3. The maximum atomic E-state index is 11.6. The molecule has 0 radical (unpaired) electrons. The van der Waals surface area contributed by atoms with E-state index in [1.165, 1.54) is 0 Å². The number of carbonyl (C=O) groups excluding carboxylic acids is 1. The van der Waals surface area contributed by atoms with Crippen molar-refractivity contribution in [3.8, 4) is 0 Å². The molecule has 0 saturated carbocycles. The molecule has 1 amide bonds. The lowest BCUT2D eigenvalue weighted by Gasteiger charge is -2.29. The summed E-state index contributed by atoms with van der Waals surface area (Å²) in [7, 11) is 0. The molecule has 0 aliphatic heterocycles. The number of rotatable bonds is 9. The van der Waals surface area contributed by atoms with Crippen LogP contribution in [0.3, 0.4) is 0 Å². The molecule has 0 saturated heterocycles. The second-order valence-corrected chi connectivity index (χ2v) is 4.38. The number of hydrogen-bond donors (Lipinski definition) is 4. The van der Waals surface area contributed by atoms with E-state index in [0.29, 0.717) is 6.42 Å². The van der Waals surface area contributed by atoms with Crippen molar-refractivity contribution in [3.05, 3.63) is 0 Å². The zero-order valence-electron chi connectivity index (χ0n) is 11.1. The van der Waals surface area contributed by atoms with Crippen molar-refractivity contribution < 1.29 is 15.0 Å². The van der Waals surface area contributed by atoms with Crippen LogP contribution in [0.15, 0.2) is 0 Å². The van der Waals surface area contributed by atoms with E-state index in [9.17, 15) is 15.0 Å². The van der Waals surface area contributed by atoms with E-state index in [-0.39, 0.29) is 31.7 Å². The lowest BCUT2D eigenvalue weighted by Crippen LogP contribution is -2.54. The average Bonchev–Trinajstić information content (AvgIpc) is 2.38. The van der Waals surface area contributed by atoms with Gasteiger partial charge in [-0.3, -0.25) is 10.1 Å². The molecule has 102 valence electrons. The van der Waals surface area contributed by atoms with Gasteiger partial charge in [-0.2, -0.15) is 0 Å². The monoisotopic (exact) mass is 246 g/mol. The fourth-order valence-corrected chi connectivity index (χ4v) is 1.55. The summed E-state index contributed by atoms with van der Waals surface area (Å²) in [6.45, 7) is 5.67. The summed E-state index contributed by atoms with van der Waals surface area (Å²) in [4.78, 5) is 11.6. The second-order valence-electron chi connectivity index (χ2n) is 4.38. The lowest BCUT2D eigenvalue weighted by molar-refractivity contribution is -0.121. The third-order valence-electron chi connectivity index (χ3n) is 3.26. The van der Waals surface area contributed by atoms with Gasteiger partial charge >= 0.3 is 0 Å². The van der Waals surface area contributed by atoms with E-state index >= 15 is 0 Å². The van der Waals surface area contributed by atoms with E-state index in [0.717, 1.165) is 12.8 Å². The largest absolute Gasteiger partial charge is 0.394 e. The van der Waals surface area contributed by atoms with E-state index in [2.05, 4.69) is 10.6 Å². The van der Waals surface area contributed by atoms with Crippen molar-refractivity contribution in [2.75, 3.05) is 19.8 Å². The Balaban J connectivity index is 4.13. The highest BCUT2D eigenvalue weighted by Gasteiger charge is 2.26. The van der Waals surface area contributed by atoms with Crippen LogP contribution in [-0.4, -0.2) is 47.5 Å². The molecule has 0 aromatic rings. The first-order chi connectivity index (χ1) is 8.07. The molecule has 17 heavy (non-hydrogen) atoms. The third kappa shape index (κ3) is 5.48. The molecule has 0 spiro atoms. The molecule has 4 N–H and O–H groups in total. The summed E-state index contributed by atoms with van der Waals surface area (Å²) < 4.78 is 0. The SMILES string of the molecule is CCC(CC)NC(=O)CNC(CC)(CO)CO. The molecule has 0 heterocycles. The topological polar surface area (TPSA) is 81.6 Å². The van der Waals surface area contributed by atoms with Gasteiger partial charge in [0.1, 0.15) is 0 Å². The van der Waals surface area contributed by atoms with Crippen molar-refractivity contribution >= 4 is 5.91 Å². The quantitative estimate of drug-likeness (QED) is 0.462. The average molecular weight is 246 g/mol. The van der Waals surface area contributed by atoms with E-state index < -0.39 is 5.54 Å². The van der Waals surface area contributed by atoms with Crippen LogP contribution in [0.1, 0.15) is 40.0 Å². The normalized spacial score (nSPS) is 11.9. The van der Waals surface area contributed by atoms with E-state index in [1.54, 1.807) is 0 Å². The van der Waals surface area contributed by atoms with Gasteiger partial charge in [-0.1, -0.05) is 20.8 Å². The molecule has 0 unspecified atom stereocenters. The van der Waals surface area contributed by atoms with E-state index in [4.69, 9.17) is 0 Å². The number of aliphatic hydroxyl groups excluding tert-OH is 2. The predicted octanol–water partition coefficient (Wildman–Crippen LogP) is 0.0142. The first-order valence-corrected chi connectivity index (χ1v) is 6.33. The highest BCUT2D eigenvalue weighted by atomic mass is 16.3. The van der Waals surface area contributed by atoms with Gasteiger partial charge < -0.3 is 15.5 Å². The smallest absolute Gasteiger partial charge is 0.234 e. The van der Waals surface area contributed by atoms with Gasteiger partial charge in [0.05, 0.1) is 25.3 Å². The van der Waals surface area contributed by atoms with Crippen molar-refractivity contribution in [1.82, 2.24) is 10.6 Å². The Morgan fingerprint density at radius 2 is 1.71 bits per heavy atom. The molecule has 0 aromatic carbocycles. The molecule has 0 aliphatic carbocycles. The summed E-state index contributed by atoms with van der Waals surface area (Å²) in [6, 6.07) is 0.198. The third-order valence-corrected chi connectivity index (χ3v) is 3.26. The number of nitrogens with one attached hydrogen (secondary N) is 2. The molecular formula is C12H26N2O3. The number of carbonyl (C=O) groups is 1. The van der Waals surface area contributed by atoms with Gasteiger partial charge in [-0.15, -0.1) is 0 Å². The Kier molecular flexibility index (Phi) is 8.12. The van der Waals surface area contributed by atoms with Crippen LogP contribution in [0.25, 0.3) is 0 Å². The molecule has 0 aliphatic rings. The van der Waals surface area contributed by atoms with Crippen LogP contribution in [0.4, 0.5) is 0 Å². The molecule has 0 atom stereocenters. The van der Waals surface area contributed by atoms with Crippen LogP contribution >= 0.6 is 0 Å². The minimum Gasteiger partial charge on any atom is -0.394 e. The molecular weight excluding hydrogens is 220 g/mol. The van der Waals surface area contributed by atoms with Gasteiger partial charge in [0.25, 0.3) is 0 Å². The Bertz CT molecular complexity index is 206. The van der Waals surface area contributed by atoms with Crippen LogP contribution in [0, 0.1) is 0 Å². The molecule has 0 aromatic heterocycles. The number of amides is 1. The summed E-state index contributed by atoms with van der Waals surface area (Å²) in [5.41, 5.74) is -0.759. The first-order valence-electron chi connectivity index (χ1n) is 6.33. The van der Waals surface area contributed by atoms with E-state index in [1.807, 2.05) is 20.8 Å². The summed E-state index contributed by atoms with van der Waals surface area (Å²) >= 11 is 0. The van der Waals surface area contributed by atoms with Crippen LogP contribution in [-0.2, 0) is 4.79 Å². The Morgan fingerprint density at radius 3 is 2.06 bits per heavy atom. The summed E-state index contributed by atoms with van der Waals surface area (Å²) in [5, 5.41) is 24.2. The standard InChI is InChI=1S/C12H26N2O3/c1-4-10(5-2)14-11(17)7-13-12(6-3,8-15)9-16/h10,13,15-16H,4-9H2,1-3H3,(H,14,17). The summed E-state index contributed by atoms with van der Waals surface area (Å²) in [5.74, 6) is -0.0987. The molecule has 0 bridgehead atoms. The minimum absolute atomic E-state index is 0.0987. The fraction of sp³-hybridized carbons (Fsp3) is 0.917. The highest BCUT2D eigenvalue weighted by Crippen LogP contribution is 2.07. The number of aliphatic hydroxyl groups is 2. The molecule has 5 nitrogen and oxygen atoms in total. The fourth-order valence-electron chi connectivity index (χ4n) is 1.55. The van der Waals surface area contributed by atoms with Crippen molar-refractivity contribution in [3.63, 3.8) is 0 Å². The summed E-state index contributed by atoms with van der Waals surface area (Å²) in [6.07, 6.45) is 2.38. The first kappa shape index (κ1) is 16.4. The lowest BCUT2D eigenvalue weighted by atomic mass is 9.98. The van der Waals surface area contributed by atoms with Gasteiger partial charge in [0.15, 0.2) is 0 Å². The van der Waals surface area contributed by atoms with Crippen LogP contribution in [0.2, 0.25) is 0 Å². The minimum atomic E-state index is -0.759. The van der Waals surface area contributed by atoms with Crippen LogP contribution in [0.5, 0.6) is 0 Å². The predicted molar refractivity (Wildman–Crippen MR) is 67.7 cm³/mol. The van der Waals surface area contributed by atoms with Crippen molar-refractivity contribution in [2.24, 2.45) is 0 Å². The van der Waals surface area contributed by atoms with Gasteiger partial charge in [-0.25, -0.2) is 0 Å². The highest BCUT2D eigenvalue weighted by molar-refractivity contribution is 5.78. The van der Waals surface area contributed by atoms with Crippen LogP contribution < -0.4 is 10.6 Å². The maximum Gasteiger partial charge on any atom is 0.234 e. The Morgan fingerprint density at radius 1 is 1.18 bits per heavy atom. The molecule has 0 fully saturated rings. The molecule has 5 heteroatoms. The van der Waals surface area contributed by atoms with Crippen molar-refractivity contribution in [2.45, 2.75) is 51.6 Å².